The third-order valence-electron chi connectivity index (χ3n) is 1.43. The molecule has 2 N–H and O–H groups in total. The first kappa shape index (κ1) is 8.92. The molecule has 0 saturated heterocycles. The molecule has 2 nitrogen and oxygen atoms in total. The van der Waals surface area contributed by atoms with E-state index in [-0.39, 0.29) is 0 Å². The topological polar surface area (TPSA) is 29.3 Å². The second kappa shape index (κ2) is 3.85. The Morgan fingerprint density at radius 3 is 1.89 bits per heavy atom. The molecule has 56 valence electrons. The van der Waals surface area contributed by atoms with Gasteiger partial charge >= 0.3 is 0 Å². The summed E-state index contributed by atoms with van der Waals surface area (Å²) >= 11 is 0. The molecule has 9 heavy (non-hydrogen) atoms. The summed E-state index contributed by atoms with van der Waals surface area (Å²) in [5, 5.41) is 0. The van der Waals surface area contributed by atoms with Crippen LogP contribution >= 0.6 is 0 Å². The van der Waals surface area contributed by atoms with E-state index >= 15 is 0 Å². The molecule has 0 aromatic rings. The Balaban J connectivity index is 3.38. The quantitative estimate of drug-likeness (QED) is 0.604. The van der Waals surface area contributed by atoms with Gasteiger partial charge in [0, 0.05) is 12.6 Å². The molecule has 0 amide bonds. The normalized spacial score (nSPS) is 15.0. The SMILES string of the molecule is CC(C)[C@@H](N)CN(C)C. The Morgan fingerprint density at radius 1 is 1.33 bits per heavy atom. The van der Waals surface area contributed by atoms with Gasteiger partial charge in [-0.05, 0) is 20.0 Å². The molecule has 1 atom stereocenters. The highest BCUT2D eigenvalue weighted by Gasteiger charge is 2.06. The van der Waals surface area contributed by atoms with Gasteiger partial charge in [0.05, 0.1) is 0 Å². The Kier molecular flexibility index (Phi) is 3.82. The van der Waals surface area contributed by atoms with Crippen molar-refractivity contribution in [2.45, 2.75) is 19.9 Å². The Labute approximate surface area is 58.0 Å². The summed E-state index contributed by atoms with van der Waals surface area (Å²) < 4.78 is 0. The Morgan fingerprint density at radius 2 is 1.78 bits per heavy atom. The molecule has 0 saturated carbocycles. The summed E-state index contributed by atoms with van der Waals surface area (Å²) in [4.78, 5) is 2.12. The molecule has 0 bridgehead atoms. The largest absolute Gasteiger partial charge is 0.326 e. The predicted molar refractivity (Wildman–Crippen MR) is 41.4 cm³/mol. The number of rotatable bonds is 3. The van der Waals surface area contributed by atoms with Crippen molar-refractivity contribution in [3.8, 4) is 0 Å². The first-order valence-corrected chi connectivity index (χ1v) is 3.44. The first-order chi connectivity index (χ1) is 4.04. The van der Waals surface area contributed by atoms with Crippen molar-refractivity contribution in [2.24, 2.45) is 11.7 Å². The van der Waals surface area contributed by atoms with Crippen LogP contribution in [0.4, 0.5) is 0 Å². The molecule has 0 aromatic heterocycles. The van der Waals surface area contributed by atoms with Crippen molar-refractivity contribution in [3.63, 3.8) is 0 Å². The smallest absolute Gasteiger partial charge is 0.0190 e. The van der Waals surface area contributed by atoms with Crippen LogP contribution in [0, 0.1) is 5.92 Å². The molecular formula is C7H18N2. The van der Waals surface area contributed by atoms with E-state index in [0.717, 1.165) is 6.54 Å². The van der Waals surface area contributed by atoms with Crippen LogP contribution in [0.25, 0.3) is 0 Å². The number of nitrogens with two attached hydrogens (primary N) is 1. The van der Waals surface area contributed by atoms with Gasteiger partial charge in [-0.15, -0.1) is 0 Å². The Bertz CT molecular complexity index is 69.3. The predicted octanol–water partition coefficient (Wildman–Crippen LogP) is 0.531. The third kappa shape index (κ3) is 4.43. The lowest BCUT2D eigenvalue weighted by atomic mass is 10.1. The van der Waals surface area contributed by atoms with Crippen LogP contribution in [0.1, 0.15) is 13.8 Å². The van der Waals surface area contributed by atoms with E-state index < -0.39 is 0 Å². The van der Waals surface area contributed by atoms with E-state index in [1.54, 1.807) is 0 Å². The minimum Gasteiger partial charge on any atom is -0.326 e. The lowest BCUT2D eigenvalue weighted by molar-refractivity contribution is 0.330. The van der Waals surface area contributed by atoms with Crippen LogP contribution in [0.5, 0.6) is 0 Å². The molecule has 0 heterocycles. The highest BCUT2D eigenvalue weighted by molar-refractivity contribution is 4.66. The van der Waals surface area contributed by atoms with E-state index in [2.05, 4.69) is 18.7 Å². The van der Waals surface area contributed by atoms with Gasteiger partial charge in [0.15, 0.2) is 0 Å². The Hall–Kier alpha value is -0.0800. The molecule has 0 unspecified atom stereocenters. The monoisotopic (exact) mass is 130 g/mol. The summed E-state index contributed by atoms with van der Waals surface area (Å²) in [7, 11) is 4.09. The average Bonchev–Trinajstić information content (AvgIpc) is 1.63. The van der Waals surface area contributed by atoms with Crippen LogP contribution in [0.2, 0.25) is 0 Å². The second-order valence-electron chi connectivity index (χ2n) is 3.17. The van der Waals surface area contributed by atoms with Gasteiger partial charge in [-0.3, -0.25) is 0 Å². The zero-order valence-corrected chi connectivity index (χ0v) is 6.89. The molecular weight excluding hydrogens is 112 g/mol. The minimum absolute atomic E-state index is 0.319. The zero-order valence-electron chi connectivity index (χ0n) is 6.89. The molecule has 0 spiro atoms. The van der Waals surface area contributed by atoms with E-state index in [0.29, 0.717) is 12.0 Å². The minimum atomic E-state index is 0.319. The highest BCUT2D eigenvalue weighted by atomic mass is 15.1. The zero-order chi connectivity index (χ0) is 7.44. The molecule has 0 rings (SSSR count). The first-order valence-electron chi connectivity index (χ1n) is 3.44. The fourth-order valence-corrected chi connectivity index (χ4v) is 0.632. The van der Waals surface area contributed by atoms with Crippen LogP contribution < -0.4 is 5.73 Å². The number of likely N-dealkylation sites (N-methyl/N-ethyl adjacent to an activating group) is 1. The highest BCUT2D eigenvalue weighted by Crippen LogP contribution is 1.97. The van der Waals surface area contributed by atoms with Gasteiger partial charge in [-0.25, -0.2) is 0 Å². The summed E-state index contributed by atoms with van der Waals surface area (Å²) in [6.07, 6.45) is 0. The fourth-order valence-electron chi connectivity index (χ4n) is 0.632. The molecule has 0 aromatic carbocycles. The standard InChI is InChI=1S/C7H18N2/c1-6(2)7(8)5-9(3)4/h6-7H,5,8H2,1-4H3/t7-/m0/s1. The van der Waals surface area contributed by atoms with E-state index in [4.69, 9.17) is 5.73 Å². The third-order valence-corrected chi connectivity index (χ3v) is 1.43. The van der Waals surface area contributed by atoms with Crippen LogP contribution in [0.3, 0.4) is 0 Å². The maximum Gasteiger partial charge on any atom is 0.0190 e. The average molecular weight is 130 g/mol. The molecule has 0 fully saturated rings. The molecule has 0 radical (unpaired) electrons. The summed E-state index contributed by atoms with van der Waals surface area (Å²) in [5.74, 6) is 0.590. The lowest BCUT2D eigenvalue weighted by Crippen LogP contribution is -2.37. The van der Waals surface area contributed by atoms with Crippen molar-refractivity contribution < 1.29 is 0 Å². The van der Waals surface area contributed by atoms with Gasteiger partial charge in [0.1, 0.15) is 0 Å². The van der Waals surface area contributed by atoms with E-state index in [1.807, 2.05) is 14.1 Å². The lowest BCUT2D eigenvalue weighted by Gasteiger charge is -2.19. The van der Waals surface area contributed by atoms with Crippen molar-refractivity contribution in [1.29, 1.82) is 0 Å². The van der Waals surface area contributed by atoms with Gasteiger partial charge in [0.2, 0.25) is 0 Å². The molecule has 0 aliphatic rings. The maximum absolute atomic E-state index is 5.78. The second-order valence-corrected chi connectivity index (χ2v) is 3.17. The van der Waals surface area contributed by atoms with Crippen LogP contribution in [-0.4, -0.2) is 31.6 Å². The van der Waals surface area contributed by atoms with Crippen molar-refractivity contribution >= 4 is 0 Å². The summed E-state index contributed by atoms with van der Waals surface area (Å²) in [6, 6.07) is 0.319. The van der Waals surface area contributed by atoms with Crippen LogP contribution in [0.15, 0.2) is 0 Å². The van der Waals surface area contributed by atoms with Crippen molar-refractivity contribution in [3.05, 3.63) is 0 Å². The number of hydrogen-bond donors (Lipinski definition) is 1. The van der Waals surface area contributed by atoms with Crippen molar-refractivity contribution in [1.82, 2.24) is 4.90 Å². The number of nitrogens with zero attached hydrogens (tertiary/aromatic N) is 1. The maximum atomic E-state index is 5.78. The van der Waals surface area contributed by atoms with E-state index in [1.165, 1.54) is 0 Å². The van der Waals surface area contributed by atoms with Crippen molar-refractivity contribution in [2.75, 3.05) is 20.6 Å². The van der Waals surface area contributed by atoms with Gasteiger partial charge in [0.25, 0.3) is 0 Å². The van der Waals surface area contributed by atoms with E-state index in [9.17, 15) is 0 Å². The molecule has 0 aliphatic heterocycles. The van der Waals surface area contributed by atoms with Crippen LogP contribution in [-0.2, 0) is 0 Å². The molecule has 2 heteroatoms. The molecule has 0 aliphatic carbocycles. The summed E-state index contributed by atoms with van der Waals surface area (Å²) in [6.45, 7) is 5.28. The van der Waals surface area contributed by atoms with Gasteiger partial charge < -0.3 is 10.6 Å². The van der Waals surface area contributed by atoms with Gasteiger partial charge in [-0.2, -0.15) is 0 Å². The summed E-state index contributed by atoms with van der Waals surface area (Å²) in [5.41, 5.74) is 5.78. The van der Waals surface area contributed by atoms with Gasteiger partial charge in [-0.1, -0.05) is 13.8 Å². The number of hydrogen-bond acceptors (Lipinski definition) is 2. The fraction of sp³-hybridized carbons (Fsp3) is 1.00.